The fourth-order valence-electron chi connectivity index (χ4n) is 3.40. The predicted octanol–water partition coefficient (Wildman–Crippen LogP) is 5.98. The number of alkyl carbamates (subject to hydrolysis) is 1. The molecular weight excluding hydrogens is 472 g/mol. The highest BCUT2D eigenvalue weighted by Crippen LogP contribution is 2.21. The second kappa shape index (κ2) is 11.3. The molecule has 8 heteroatoms. The van der Waals surface area contributed by atoms with Crippen LogP contribution >= 0.6 is 0 Å². The Balaban J connectivity index is 1.73. The number of esters is 1. The van der Waals surface area contributed by atoms with Crippen LogP contribution in [0.4, 0.5) is 10.5 Å². The molecule has 1 aromatic heterocycles. The lowest BCUT2D eigenvalue weighted by Crippen LogP contribution is -2.47. The Bertz CT molecular complexity index is 1200. The fraction of sp³-hybridized carbons (Fsp3) is 0.345. The molecule has 0 radical (unpaired) electrons. The van der Waals surface area contributed by atoms with Gasteiger partial charge < -0.3 is 24.5 Å². The summed E-state index contributed by atoms with van der Waals surface area (Å²) >= 11 is 0. The number of nitrogens with one attached hydrogen (secondary N) is 2. The maximum absolute atomic E-state index is 13.2. The van der Waals surface area contributed by atoms with Crippen molar-refractivity contribution >= 4 is 23.7 Å². The van der Waals surface area contributed by atoms with E-state index in [2.05, 4.69) is 10.6 Å². The van der Waals surface area contributed by atoms with Crippen LogP contribution in [0.25, 0.3) is 11.3 Å². The van der Waals surface area contributed by atoms with Crippen LogP contribution in [0, 0.1) is 0 Å². The number of furan rings is 1. The van der Waals surface area contributed by atoms with Crippen LogP contribution in [0.2, 0.25) is 0 Å². The van der Waals surface area contributed by atoms with E-state index in [-0.39, 0.29) is 6.42 Å². The molecule has 3 aromatic rings. The summed E-state index contributed by atoms with van der Waals surface area (Å²) in [4.78, 5) is 37.9. The lowest BCUT2D eigenvalue weighted by molar-refractivity contribution is -0.118. The van der Waals surface area contributed by atoms with E-state index in [1.165, 1.54) is 0 Å². The van der Waals surface area contributed by atoms with Crippen molar-refractivity contribution < 1.29 is 28.3 Å². The molecule has 0 spiro atoms. The van der Waals surface area contributed by atoms with Gasteiger partial charge in [0.25, 0.3) is 0 Å². The first-order valence-corrected chi connectivity index (χ1v) is 12.1. The lowest BCUT2D eigenvalue weighted by Gasteiger charge is -2.23. The number of hydrogen-bond donors (Lipinski definition) is 2. The number of carbonyl (C=O) groups excluding carboxylic acids is 3. The first kappa shape index (κ1) is 27.5. The smallest absolute Gasteiger partial charge is 0.408 e. The van der Waals surface area contributed by atoms with E-state index < -0.39 is 35.2 Å². The second-order valence-electron chi connectivity index (χ2n) is 10.6. The fourth-order valence-corrected chi connectivity index (χ4v) is 3.40. The van der Waals surface area contributed by atoms with Crippen LogP contribution < -0.4 is 10.6 Å². The van der Waals surface area contributed by atoms with E-state index in [0.717, 1.165) is 16.9 Å². The normalized spacial score (nSPS) is 12.4. The zero-order chi connectivity index (χ0) is 27.2. The topological polar surface area (TPSA) is 107 Å². The van der Waals surface area contributed by atoms with Gasteiger partial charge in [-0.15, -0.1) is 0 Å². The number of benzene rings is 2. The molecule has 3 rings (SSSR count). The molecule has 0 aliphatic heterocycles. The number of anilines is 1. The Labute approximate surface area is 217 Å². The van der Waals surface area contributed by atoms with E-state index in [0.29, 0.717) is 11.3 Å². The minimum absolute atomic E-state index is 0.236. The monoisotopic (exact) mass is 506 g/mol. The van der Waals surface area contributed by atoms with Crippen LogP contribution in [0.5, 0.6) is 0 Å². The van der Waals surface area contributed by atoms with E-state index in [1.807, 2.05) is 36.4 Å². The Morgan fingerprint density at radius 2 is 1.46 bits per heavy atom. The Morgan fingerprint density at radius 1 is 0.838 bits per heavy atom. The zero-order valence-corrected chi connectivity index (χ0v) is 22.1. The number of rotatable bonds is 7. The third kappa shape index (κ3) is 8.83. The summed E-state index contributed by atoms with van der Waals surface area (Å²) in [7, 11) is 0. The van der Waals surface area contributed by atoms with Gasteiger partial charge >= 0.3 is 12.1 Å². The van der Waals surface area contributed by atoms with Gasteiger partial charge in [-0.25, -0.2) is 9.59 Å². The zero-order valence-electron chi connectivity index (χ0n) is 22.1. The van der Waals surface area contributed by atoms with Crippen LogP contribution in [0.1, 0.15) is 57.5 Å². The molecule has 0 aliphatic rings. The van der Waals surface area contributed by atoms with Crippen LogP contribution in [0.3, 0.4) is 0 Å². The minimum atomic E-state index is -0.908. The third-order valence-corrected chi connectivity index (χ3v) is 4.99. The molecule has 0 saturated heterocycles. The molecular formula is C29H34N2O6. The quantitative estimate of drug-likeness (QED) is 0.382. The standard InChI is InChI=1S/C29H34N2O6/c1-28(2,3)36-26(33)21-13-15-22(16-14-21)30-25(32)23(31-27(34)37-29(4,5)6)18-19-9-11-20(12-10-19)24-8-7-17-35-24/h7-17,23H,18H2,1-6H3,(H,30,32)(H,31,34)/t23-/m0/s1. The van der Waals surface area contributed by atoms with Gasteiger partial charge in [-0.3, -0.25) is 4.79 Å². The molecule has 8 nitrogen and oxygen atoms in total. The lowest BCUT2D eigenvalue weighted by atomic mass is 10.0. The number of ether oxygens (including phenoxy) is 2. The van der Waals surface area contributed by atoms with Gasteiger partial charge in [0.15, 0.2) is 0 Å². The van der Waals surface area contributed by atoms with E-state index in [9.17, 15) is 14.4 Å². The molecule has 196 valence electrons. The molecule has 2 N–H and O–H groups in total. The average molecular weight is 507 g/mol. The molecule has 1 atom stereocenters. The minimum Gasteiger partial charge on any atom is -0.464 e. The maximum atomic E-state index is 13.2. The number of hydrogen-bond acceptors (Lipinski definition) is 6. The van der Waals surface area contributed by atoms with Crippen molar-refractivity contribution in [2.24, 2.45) is 0 Å². The number of carbonyl (C=O) groups is 3. The van der Waals surface area contributed by atoms with Crippen molar-refractivity contribution in [1.82, 2.24) is 5.32 Å². The highest BCUT2D eigenvalue weighted by Gasteiger charge is 2.25. The van der Waals surface area contributed by atoms with Gasteiger partial charge in [0.1, 0.15) is 23.0 Å². The van der Waals surface area contributed by atoms with Crippen molar-refractivity contribution in [2.45, 2.75) is 65.2 Å². The van der Waals surface area contributed by atoms with Crippen molar-refractivity contribution in [3.63, 3.8) is 0 Å². The Morgan fingerprint density at radius 3 is 2.00 bits per heavy atom. The molecule has 0 aliphatic carbocycles. The first-order chi connectivity index (χ1) is 17.3. The molecule has 0 fully saturated rings. The van der Waals surface area contributed by atoms with Gasteiger partial charge in [0.05, 0.1) is 11.8 Å². The van der Waals surface area contributed by atoms with Gasteiger partial charge in [-0.2, -0.15) is 0 Å². The highest BCUT2D eigenvalue weighted by molar-refractivity contribution is 5.97. The molecule has 0 bridgehead atoms. The molecule has 2 amide bonds. The van der Waals surface area contributed by atoms with E-state index in [4.69, 9.17) is 13.9 Å². The van der Waals surface area contributed by atoms with Crippen molar-refractivity contribution in [3.05, 3.63) is 78.1 Å². The summed E-state index contributed by atoms with van der Waals surface area (Å²) in [6.45, 7) is 10.6. The Kier molecular flexibility index (Phi) is 8.42. The van der Waals surface area contributed by atoms with Gasteiger partial charge in [-0.1, -0.05) is 24.3 Å². The summed E-state index contributed by atoms with van der Waals surface area (Å²) < 4.78 is 16.2. The van der Waals surface area contributed by atoms with Crippen molar-refractivity contribution in [3.8, 4) is 11.3 Å². The molecule has 37 heavy (non-hydrogen) atoms. The van der Waals surface area contributed by atoms with Crippen molar-refractivity contribution in [2.75, 3.05) is 5.32 Å². The van der Waals surface area contributed by atoms with Crippen molar-refractivity contribution in [1.29, 1.82) is 0 Å². The summed E-state index contributed by atoms with van der Waals surface area (Å²) in [5.74, 6) is -0.138. The Hall–Kier alpha value is -4.07. The van der Waals surface area contributed by atoms with Gasteiger partial charge in [-0.05, 0) is 83.5 Å². The summed E-state index contributed by atoms with van der Waals surface area (Å²) in [6, 6.07) is 16.7. The van der Waals surface area contributed by atoms with Gasteiger partial charge in [0, 0.05) is 17.7 Å². The SMILES string of the molecule is CC(C)(C)OC(=O)N[C@@H](Cc1ccc(-c2ccco2)cc1)C(=O)Nc1ccc(C(=O)OC(C)(C)C)cc1. The number of amides is 2. The predicted molar refractivity (Wildman–Crippen MR) is 141 cm³/mol. The molecule has 1 heterocycles. The summed E-state index contributed by atoms with van der Waals surface area (Å²) in [5.41, 5.74) is 1.26. The summed E-state index contributed by atoms with van der Waals surface area (Å²) in [5, 5.41) is 5.48. The van der Waals surface area contributed by atoms with Crippen LogP contribution in [-0.4, -0.2) is 35.2 Å². The average Bonchev–Trinajstić information content (AvgIpc) is 3.32. The van der Waals surface area contributed by atoms with Crippen LogP contribution in [-0.2, 0) is 20.7 Å². The maximum Gasteiger partial charge on any atom is 0.408 e. The largest absolute Gasteiger partial charge is 0.464 e. The van der Waals surface area contributed by atoms with E-state index in [1.54, 1.807) is 72.1 Å². The second-order valence-corrected chi connectivity index (χ2v) is 10.6. The summed E-state index contributed by atoms with van der Waals surface area (Å²) in [6.07, 6.45) is 1.15. The molecule has 2 aromatic carbocycles. The first-order valence-electron chi connectivity index (χ1n) is 12.1. The third-order valence-electron chi connectivity index (χ3n) is 4.99. The highest BCUT2D eigenvalue weighted by atomic mass is 16.6. The van der Waals surface area contributed by atoms with Gasteiger partial charge in [0.2, 0.25) is 5.91 Å². The molecule has 0 saturated carbocycles. The van der Waals surface area contributed by atoms with E-state index >= 15 is 0 Å². The van der Waals surface area contributed by atoms with Crippen LogP contribution in [0.15, 0.2) is 71.3 Å². The molecule has 0 unspecified atom stereocenters.